The molecular formula is C20H21ClFN5O. The van der Waals surface area contributed by atoms with Crippen molar-refractivity contribution in [2.75, 3.05) is 5.32 Å². The van der Waals surface area contributed by atoms with Crippen LogP contribution in [-0.2, 0) is 20.1 Å². The molecule has 3 N–H and O–H groups in total. The number of carbonyl (C=O) groups is 1. The number of hydrogen-bond acceptors (Lipinski definition) is 4. The van der Waals surface area contributed by atoms with E-state index in [2.05, 4.69) is 10.4 Å². The summed E-state index contributed by atoms with van der Waals surface area (Å²) >= 11 is 5.70. The Bertz CT molecular complexity index is 992. The van der Waals surface area contributed by atoms with Crippen LogP contribution < -0.4 is 11.1 Å². The summed E-state index contributed by atoms with van der Waals surface area (Å²) in [7, 11) is 1.82. The van der Waals surface area contributed by atoms with Gasteiger partial charge in [-0.3, -0.25) is 9.48 Å². The maximum absolute atomic E-state index is 14.2. The summed E-state index contributed by atoms with van der Waals surface area (Å²) in [5, 5.41) is 7.57. The van der Waals surface area contributed by atoms with Gasteiger partial charge in [-0.2, -0.15) is 5.10 Å². The lowest BCUT2D eigenvalue weighted by Gasteiger charge is -2.24. The quantitative estimate of drug-likeness (QED) is 0.823. The largest absolute Gasteiger partial charge is 0.339 e. The van der Waals surface area contributed by atoms with E-state index in [9.17, 15) is 9.18 Å². The molecule has 146 valence electrons. The van der Waals surface area contributed by atoms with Crippen LogP contribution in [0, 0.1) is 5.82 Å². The summed E-state index contributed by atoms with van der Waals surface area (Å²) < 4.78 is 15.9. The van der Waals surface area contributed by atoms with Crippen LogP contribution in [0.1, 0.15) is 28.4 Å². The third-order valence-corrected chi connectivity index (χ3v) is 4.69. The van der Waals surface area contributed by atoms with E-state index in [0.717, 1.165) is 11.4 Å². The standard InChI is InChI=1S/C20H21ClFN5O/c1-3-17-18(5-4-8-21)27(12-15-11-24-26(2)19(15)25-17)20(28)13-6-7-14(10-23)16(22)9-13/h3-9,11,25H,10,12,23H2,1-2H3/b8-4+,17-3+,18-5+. The van der Waals surface area contributed by atoms with Gasteiger partial charge in [-0.1, -0.05) is 23.7 Å². The predicted molar refractivity (Wildman–Crippen MR) is 108 cm³/mol. The summed E-state index contributed by atoms with van der Waals surface area (Å²) in [4.78, 5) is 14.9. The van der Waals surface area contributed by atoms with Crippen LogP contribution in [0.2, 0.25) is 0 Å². The van der Waals surface area contributed by atoms with Crippen molar-refractivity contribution < 1.29 is 9.18 Å². The topological polar surface area (TPSA) is 76.2 Å². The van der Waals surface area contributed by atoms with Crippen LogP contribution in [0.4, 0.5) is 10.2 Å². The maximum Gasteiger partial charge on any atom is 0.258 e. The molecule has 0 bridgehead atoms. The highest BCUT2D eigenvalue weighted by molar-refractivity contribution is 6.25. The third-order valence-electron chi connectivity index (χ3n) is 4.54. The van der Waals surface area contributed by atoms with Gasteiger partial charge in [-0.15, -0.1) is 0 Å². The molecule has 0 saturated heterocycles. The number of nitrogens with zero attached hydrogens (tertiary/aromatic N) is 3. The van der Waals surface area contributed by atoms with E-state index in [4.69, 9.17) is 17.3 Å². The Kier molecular flexibility index (Phi) is 5.96. The second-order valence-corrected chi connectivity index (χ2v) is 6.49. The van der Waals surface area contributed by atoms with Gasteiger partial charge in [0, 0.05) is 35.8 Å². The molecule has 1 aromatic carbocycles. The summed E-state index contributed by atoms with van der Waals surface area (Å²) in [5.41, 5.74) is 9.64. The van der Waals surface area contributed by atoms with Crippen molar-refractivity contribution in [2.45, 2.75) is 20.0 Å². The van der Waals surface area contributed by atoms with Crippen LogP contribution in [0.15, 0.2) is 59.6 Å². The SMILES string of the molecule is C/C=C1/Nc2c(cnn2C)CN(C(=O)c2ccc(CN)c(F)c2)/C1=C/C=C/Cl. The van der Waals surface area contributed by atoms with Crippen molar-refractivity contribution in [3.8, 4) is 0 Å². The van der Waals surface area contributed by atoms with Gasteiger partial charge in [0.25, 0.3) is 5.91 Å². The molecule has 0 unspecified atom stereocenters. The number of rotatable bonds is 3. The van der Waals surface area contributed by atoms with E-state index < -0.39 is 5.82 Å². The second-order valence-electron chi connectivity index (χ2n) is 6.24. The second kappa shape index (κ2) is 8.41. The minimum absolute atomic E-state index is 0.0708. The van der Waals surface area contributed by atoms with Crippen molar-refractivity contribution in [1.29, 1.82) is 0 Å². The smallest absolute Gasteiger partial charge is 0.258 e. The zero-order chi connectivity index (χ0) is 20.3. The number of benzene rings is 1. The zero-order valence-electron chi connectivity index (χ0n) is 15.6. The van der Waals surface area contributed by atoms with Crippen molar-refractivity contribution in [3.63, 3.8) is 0 Å². The molecule has 28 heavy (non-hydrogen) atoms. The lowest BCUT2D eigenvalue weighted by molar-refractivity contribution is 0.0800. The third kappa shape index (κ3) is 3.72. The highest BCUT2D eigenvalue weighted by Gasteiger charge is 2.28. The van der Waals surface area contributed by atoms with Crippen LogP contribution in [-0.4, -0.2) is 20.6 Å². The lowest BCUT2D eigenvalue weighted by Crippen LogP contribution is -2.30. The first kappa shape index (κ1) is 19.9. The zero-order valence-corrected chi connectivity index (χ0v) is 16.4. The monoisotopic (exact) mass is 401 g/mol. The number of nitrogens with two attached hydrogens (primary N) is 1. The number of aryl methyl sites for hydroxylation is 1. The Labute approximate surface area is 167 Å². The Morgan fingerprint density at radius 3 is 2.89 bits per heavy atom. The molecule has 1 amide bonds. The fourth-order valence-corrected chi connectivity index (χ4v) is 3.14. The van der Waals surface area contributed by atoms with Crippen molar-refractivity contribution >= 4 is 23.3 Å². The summed E-state index contributed by atoms with van der Waals surface area (Å²) in [6, 6.07) is 4.34. The molecule has 0 spiro atoms. The lowest BCUT2D eigenvalue weighted by atomic mass is 10.1. The van der Waals surface area contributed by atoms with Crippen molar-refractivity contribution in [2.24, 2.45) is 12.8 Å². The first-order valence-electron chi connectivity index (χ1n) is 8.72. The van der Waals surface area contributed by atoms with E-state index in [1.807, 2.05) is 20.0 Å². The van der Waals surface area contributed by atoms with Crippen molar-refractivity contribution in [3.05, 3.63) is 82.1 Å². The number of hydrogen-bond donors (Lipinski definition) is 2. The molecule has 0 radical (unpaired) electrons. The van der Waals surface area contributed by atoms with Crippen LogP contribution in [0.3, 0.4) is 0 Å². The van der Waals surface area contributed by atoms with E-state index in [1.165, 1.54) is 17.7 Å². The fourth-order valence-electron chi connectivity index (χ4n) is 3.06. The minimum Gasteiger partial charge on any atom is -0.339 e. The average molecular weight is 402 g/mol. The van der Waals surface area contributed by atoms with Gasteiger partial charge < -0.3 is 16.0 Å². The first-order chi connectivity index (χ1) is 13.5. The number of amides is 1. The molecule has 1 aromatic heterocycles. The number of allylic oxidation sites excluding steroid dienone is 3. The highest BCUT2D eigenvalue weighted by Crippen LogP contribution is 2.30. The number of halogens is 2. The molecule has 0 aliphatic carbocycles. The Hall–Kier alpha value is -2.90. The van der Waals surface area contributed by atoms with Gasteiger partial charge in [0.05, 0.1) is 24.1 Å². The predicted octanol–water partition coefficient (Wildman–Crippen LogP) is 3.63. The van der Waals surface area contributed by atoms with Gasteiger partial charge in [-0.25, -0.2) is 4.39 Å². The minimum atomic E-state index is -0.499. The maximum atomic E-state index is 14.2. The molecule has 3 rings (SSSR count). The van der Waals surface area contributed by atoms with Gasteiger partial charge in [0.2, 0.25) is 0 Å². The van der Waals surface area contributed by atoms with Crippen LogP contribution in [0.25, 0.3) is 0 Å². The molecule has 1 aliphatic rings. The van der Waals surface area contributed by atoms with Gasteiger partial charge in [-0.05, 0) is 31.2 Å². The number of fused-ring (bicyclic) bond motifs is 1. The Morgan fingerprint density at radius 2 is 2.25 bits per heavy atom. The number of carbonyl (C=O) groups excluding carboxylic acids is 1. The molecule has 2 aromatic rings. The average Bonchev–Trinajstić information content (AvgIpc) is 2.95. The van der Waals surface area contributed by atoms with E-state index in [1.54, 1.807) is 34.0 Å². The van der Waals surface area contributed by atoms with E-state index in [0.29, 0.717) is 17.0 Å². The Balaban J connectivity index is 2.10. The summed E-state index contributed by atoms with van der Waals surface area (Å²) in [6.07, 6.45) is 6.93. The molecule has 8 heteroatoms. The molecule has 0 saturated carbocycles. The number of anilines is 1. The molecule has 0 fully saturated rings. The number of nitrogens with one attached hydrogen (secondary N) is 1. The summed E-state index contributed by atoms with van der Waals surface area (Å²) in [6.45, 7) is 2.20. The van der Waals surface area contributed by atoms with E-state index in [-0.39, 0.29) is 24.6 Å². The van der Waals surface area contributed by atoms with E-state index >= 15 is 0 Å². The fraction of sp³-hybridized carbons (Fsp3) is 0.200. The molecular weight excluding hydrogens is 381 g/mol. The van der Waals surface area contributed by atoms with Gasteiger partial charge in [0.15, 0.2) is 0 Å². The molecule has 1 aliphatic heterocycles. The first-order valence-corrected chi connectivity index (χ1v) is 9.15. The molecule has 6 nitrogen and oxygen atoms in total. The number of aromatic nitrogens is 2. The molecule has 0 atom stereocenters. The van der Waals surface area contributed by atoms with Crippen molar-refractivity contribution in [1.82, 2.24) is 14.7 Å². The summed E-state index contributed by atoms with van der Waals surface area (Å²) in [5.74, 6) is -0.0517. The van der Waals surface area contributed by atoms with Gasteiger partial charge >= 0.3 is 0 Å². The Morgan fingerprint density at radius 1 is 1.46 bits per heavy atom. The molecule has 2 heterocycles. The van der Waals surface area contributed by atoms with Crippen LogP contribution >= 0.6 is 11.6 Å². The normalized spacial score (nSPS) is 17.1. The van der Waals surface area contributed by atoms with Gasteiger partial charge in [0.1, 0.15) is 11.6 Å². The highest BCUT2D eigenvalue weighted by atomic mass is 35.5. The van der Waals surface area contributed by atoms with Crippen LogP contribution in [0.5, 0.6) is 0 Å².